The first-order valence-corrected chi connectivity index (χ1v) is 6.64. The average molecular weight is 281 g/mol. The second-order valence-electron chi connectivity index (χ2n) is 3.89. The number of amides is 1. The van der Waals surface area contributed by atoms with Gasteiger partial charge in [0.1, 0.15) is 12.4 Å². The number of carbonyl (C=O) groups excluding carboxylic acids is 1. The summed E-state index contributed by atoms with van der Waals surface area (Å²) in [6.07, 6.45) is 2.24. The molecule has 0 aliphatic heterocycles. The summed E-state index contributed by atoms with van der Waals surface area (Å²) >= 11 is 1.61. The van der Waals surface area contributed by atoms with Crippen molar-refractivity contribution in [1.82, 2.24) is 10.4 Å². The van der Waals surface area contributed by atoms with E-state index in [9.17, 15) is 4.79 Å². The van der Waals surface area contributed by atoms with Crippen molar-refractivity contribution in [2.45, 2.75) is 20.0 Å². The fourth-order valence-electron chi connectivity index (χ4n) is 1.63. The van der Waals surface area contributed by atoms with Gasteiger partial charge in [-0.25, -0.2) is 10.8 Å². The number of nitrogens with one attached hydrogen (secondary N) is 1. The Kier molecular flexibility index (Phi) is 4.67. The van der Waals surface area contributed by atoms with Crippen LogP contribution in [0.2, 0.25) is 0 Å². The molecule has 1 amide bonds. The smallest absolute Gasteiger partial charge is 0.268 e. The third-order valence-corrected chi connectivity index (χ3v) is 3.67. The Bertz CT molecular complexity index is 550. The van der Waals surface area contributed by atoms with Crippen molar-refractivity contribution in [1.29, 1.82) is 0 Å². The van der Waals surface area contributed by atoms with Gasteiger partial charge in [-0.15, -0.1) is 11.3 Å². The zero-order valence-electron chi connectivity index (χ0n) is 10.5. The summed E-state index contributed by atoms with van der Waals surface area (Å²) in [5.41, 5.74) is 5.32. The van der Waals surface area contributed by atoms with Crippen LogP contribution < -0.4 is 11.3 Å². The lowest BCUT2D eigenvalue weighted by Crippen LogP contribution is -2.30. The highest BCUT2D eigenvalue weighted by molar-refractivity contribution is 7.09. The van der Waals surface area contributed by atoms with Gasteiger partial charge >= 0.3 is 0 Å². The van der Waals surface area contributed by atoms with E-state index in [1.807, 2.05) is 12.4 Å². The molecule has 0 fully saturated rings. The maximum atomic E-state index is 11.4. The number of nitrogens with two attached hydrogens (primary N) is 1. The Labute approximate surface area is 114 Å². The van der Waals surface area contributed by atoms with Crippen molar-refractivity contribution in [3.63, 3.8) is 0 Å². The zero-order valence-corrected chi connectivity index (χ0v) is 11.3. The minimum absolute atomic E-state index is 0.244. The number of aromatic nitrogens is 1. The Balaban J connectivity index is 1.82. The Morgan fingerprint density at radius 2 is 2.47 bits per heavy atom. The van der Waals surface area contributed by atoms with E-state index < -0.39 is 0 Å². The van der Waals surface area contributed by atoms with E-state index in [1.165, 1.54) is 11.1 Å². The molecular formula is C12H15N3O3S. The number of nitrogens with zero attached hydrogens (tertiary/aromatic N) is 1. The van der Waals surface area contributed by atoms with Gasteiger partial charge in [0.15, 0.2) is 0 Å². The summed E-state index contributed by atoms with van der Waals surface area (Å²) in [4.78, 5) is 16.8. The summed E-state index contributed by atoms with van der Waals surface area (Å²) in [6.45, 7) is 2.77. The lowest BCUT2D eigenvalue weighted by molar-refractivity contribution is 0.0922. The van der Waals surface area contributed by atoms with Gasteiger partial charge in [-0.05, 0) is 13.0 Å². The summed E-state index contributed by atoms with van der Waals surface area (Å²) in [5.74, 6) is 5.17. The third kappa shape index (κ3) is 3.40. The molecule has 2 aromatic heterocycles. The van der Waals surface area contributed by atoms with Crippen LogP contribution in [-0.4, -0.2) is 17.5 Å². The topological polar surface area (TPSA) is 90.4 Å². The SMILES string of the molecule is Cc1ncsc1CCOCc1occc1C(=O)NN. The number of nitrogen functional groups attached to an aromatic ring is 1. The van der Waals surface area contributed by atoms with Crippen LogP contribution in [0.1, 0.15) is 26.7 Å². The normalized spacial score (nSPS) is 10.6. The van der Waals surface area contributed by atoms with E-state index >= 15 is 0 Å². The number of aryl methyl sites for hydroxylation is 1. The molecule has 102 valence electrons. The predicted molar refractivity (Wildman–Crippen MR) is 70.6 cm³/mol. The first-order valence-electron chi connectivity index (χ1n) is 5.76. The van der Waals surface area contributed by atoms with Crippen molar-refractivity contribution in [2.75, 3.05) is 6.61 Å². The van der Waals surface area contributed by atoms with E-state index in [-0.39, 0.29) is 12.5 Å². The van der Waals surface area contributed by atoms with Crippen LogP contribution in [0, 0.1) is 6.92 Å². The van der Waals surface area contributed by atoms with Crippen LogP contribution in [-0.2, 0) is 17.8 Å². The predicted octanol–water partition coefficient (Wildman–Crippen LogP) is 1.41. The molecule has 0 radical (unpaired) electrons. The maximum Gasteiger partial charge on any atom is 0.268 e. The van der Waals surface area contributed by atoms with Crippen LogP contribution in [0.25, 0.3) is 0 Å². The highest BCUT2D eigenvalue weighted by Crippen LogP contribution is 2.14. The number of hydrogen-bond acceptors (Lipinski definition) is 6. The number of rotatable bonds is 6. The van der Waals surface area contributed by atoms with Gasteiger partial charge in [-0.1, -0.05) is 0 Å². The van der Waals surface area contributed by atoms with Gasteiger partial charge in [0, 0.05) is 11.3 Å². The van der Waals surface area contributed by atoms with Crippen LogP contribution in [0.5, 0.6) is 0 Å². The number of furan rings is 1. The van der Waals surface area contributed by atoms with E-state index in [0.717, 1.165) is 12.1 Å². The molecule has 0 bridgehead atoms. The number of ether oxygens (including phenoxy) is 1. The Hall–Kier alpha value is -1.70. The molecule has 2 heterocycles. The average Bonchev–Trinajstić information content (AvgIpc) is 3.03. The summed E-state index contributed by atoms with van der Waals surface area (Å²) in [7, 11) is 0. The van der Waals surface area contributed by atoms with E-state index in [4.69, 9.17) is 15.0 Å². The summed E-state index contributed by atoms with van der Waals surface area (Å²) in [5, 5.41) is 0. The van der Waals surface area contributed by atoms with Crippen LogP contribution in [0.4, 0.5) is 0 Å². The molecule has 3 N–H and O–H groups in total. The number of thiazole rings is 1. The molecule has 0 unspecified atom stereocenters. The zero-order chi connectivity index (χ0) is 13.7. The second-order valence-corrected chi connectivity index (χ2v) is 4.83. The molecule has 7 heteroatoms. The quantitative estimate of drug-likeness (QED) is 0.361. The standard InChI is InChI=1S/C12H15N3O3S/c1-8-11(19-7-14-8)3-4-17-6-10-9(2-5-18-10)12(16)15-13/h2,5,7H,3-4,6,13H2,1H3,(H,15,16). The van der Waals surface area contributed by atoms with Gasteiger partial charge in [-0.3, -0.25) is 10.2 Å². The highest BCUT2D eigenvalue weighted by Gasteiger charge is 2.13. The van der Waals surface area contributed by atoms with E-state index in [2.05, 4.69) is 10.4 Å². The Morgan fingerprint density at radius 3 is 3.16 bits per heavy atom. The van der Waals surface area contributed by atoms with Crippen molar-refractivity contribution >= 4 is 17.2 Å². The molecule has 19 heavy (non-hydrogen) atoms. The molecule has 2 rings (SSSR count). The third-order valence-electron chi connectivity index (χ3n) is 2.67. The fraction of sp³-hybridized carbons (Fsp3) is 0.333. The molecule has 0 spiro atoms. The maximum absolute atomic E-state index is 11.4. The largest absolute Gasteiger partial charge is 0.466 e. The minimum atomic E-state index is -0.384. The number of carbonyl (C=O) groups is 1. The monoisotopic (exact) mass is 281 g/mol. The second kappa shape index (κ2) is 6.46. The fourth-order valence-corrected chi connectivity index (χ4v) is 2.39. The molecule has 0 saturated heterocycles. The van der Waals surface area contributed by atoms with Gasteiger partial charge in [-0.2, -0.15) is 0 Å². The van der Waals surface area contributed by atoms with Crippen molar-refractivity contribution in [2.24, 2.45) is 5.84 Å². The molecule has 0 aliphatic carbocycles. The van der Waals surface area contributed by atoms with Crippen molar-refractivity contribution in [3.8, 4) is 0 Å². The molecule has 0 aliphatic rings. The minimum Gasteiger partial charge on any atom is -0.466 e. The lowest BCUT2D eigenvalue weighted by atomic mass is 10.2. The first kappa shape index (κ1) is 13.7. The Morgan fingerprint density at radius 1 is 1.63 bits per heavy atom. The number of hydrogen-bond donors (Lipinski definition) is 2. The van der Waals surface area contributed by atoms with E-state index in [1.54, 1.807) is 17.4 Å². The molecule has 0 saturated carbocycles. The van der Waals surface area contributed by atoms with Crippen LogP contribution >= 0.6 is 11.3 Å². The van der Waals surface area contributed by atoms with Crippen LogP contribution in [0.15, 0.2) is 22.3 Å². The van der Waals surface area contributed by atoms with Gasteiger partial charge < -0.3 is 9.15 Å². The van der Waals surface area contributed by atoms with Crippen LogP contribution in [0.3, 0.4) is 0 Å². The summed E-state index contributed by atoms with van der Waals surface area (Å²) < 4.78 is 10.7. The molecule has 0 aromatic carbocycles. The highest BCUT2D eigenvalue weighted by atomic mass is 32.1. The van der Waals surface area contributed by atoms with Crippen molar-refractivity contribution < 1.29 is 13.9 Å². The summed E-state index contributed by atoms with van der Waals surface area (Å²) in [6, 6.07) is 1.56. The van der Waals surface area contributed by atoms with Gasteiger partial charge in [0.2, 0.25) is 0 Å². The molecule has 0 atom stereocenters. The first-order chi connectivity index (χ1) is 9.22. The number of hydrazine groups is 1. The van der Waals surface area contributed by atoms with Gasteiger partial charge in [0.25, 0.3) is 5.91 Å². The van der Waals surface area contributed by atoms with Crippen molar-refractivity contribution in [3.05, 3.63) is 39.7 Å². The van der Waals surface area contributed by atoms with E-state index in [0.29, 0.717) is 17.9 Å². The lowest BCUT2D eigenvalue weighted by Gasteiger charge is -2.03. The molecule has 6 nitrogen and oxygen atoms in total. The van der Waals surface area contributed by atoms with Gasteiger partial charge in [0.05, 0.1) is 29.6 Å². The molecular weight excluding hydrogens is 266 g/mol. The molecule has 2 aromatic rings.